The standard InChI is InChI=1S/C24H30N4O2/c29-23-7-10-27(11-8-23)18-21-4-1-5-22(15-21)26-17-20-3-2-6-24(16-20)30-14-13-28-12-9-25-19-28/h1-6,9,12,15-16,19,23,26,29H,7-8,10-11,13-14,17-18H2. The van der Waals surface area contributed by atoms with Crippen LogP contribution in [0, 0.1) is 0 Å². The number of hydrogen-bond acceptors (Lipinski definition) is 5. The topological polar surface area (TPSA) is 62.6 Å². The molecule has 0 unspecified atom stereocenters. The van der Waals surface area contributed by atoms with Crippen molar-refractivity contribution < 1.29 is 9.84 Å². The van der Waals surface area contributed by atoms with Crippen molar-refractivity contribution >= 4 is 5.69 Å². The Morgan fingerprint density at radius 3 is 2.73 bits per heavy atom. The van der Waals surface area contributed by atoms with E-state index in [0.717, 1.165) is 57.0 Å². The second-order valence-corrected chi connectivity index (χ2v) is 7.86. The first-order valence-electron chi connectivity index (χ1n) is 10.7. The minimum absolute atomic E-state index is 0.125. The average Bonchev–Trinajstić information content (AvgIpc) is 3.28. The molecule has 2 heterocycles. The van der Waals surface area contributed by atoms with E-state index in [4.69, 9.17) is 4.74 Å². The number of nitrogens with zero attached hydrogens (tertiary/aromatic N) is 3. The second kappa shape index (κ2) is 10.3. The lowest BCUT2D eigenvalue weighted by Crippen LogP contribution is -2.35. The third-order valence-electron chi connectivity index (χ3n) is 5.46. The highest BCUT2D eigenvalue weighted by atomic mass is 16.5. The van der Waals surface area contributed by atoms with Crippen molar-refractivity contribution in [2.75, 3.05) is 25.0 Å². The summed E-state index contributed by atoms with van der Waals surface area (Å²) >= 11 is 0. The summed E-state index contributed by atoms with van der Waals surface area (Å²) in [6.07, 6.45) is 7.13. The summed E-state index contributed by atoms with van der Waals surface area (Å²) in [4.78, 5) is 6.46. The molecule has 158 valence electrons. The normalized spacial score (nSPS) is 15.2. The summed E-state index contributed by atoms with van der Waals surface area (Å²) in [6, 6.07) is 16.8. The van der Waals surface area contributed by atoms with Gasteiger partial charge in [-0.3, -0.25) is 4.90 Å². The molecule has 0 saturated carbocycles. The lowest BCUT2D eigenvalue weighted by molar-refractivity contribution is 0.0792. The van der Waals surface area contributed by atoms with Crippen LogP contribution in [0.25, 0.3) is 0 Å². The lowest BCUT2D eigenvalue weighted by Gasteiger charge is -2.29. The molecule has 2 aromatic carbocycles. The summed E-state index contributed by atoms with van der Waals surface area (Å²) in [5.74, 6) is 0.885. The first-order chi connectivity index (χ1) is 14.7. The Balaban J connectivity index is 1.27. The monoisotopic (exact) mass is 406 g/mol. The average molecular weight is 407 g/mol. The zero-order valence-corrected chi connectivity index (χ0v) is 17.3. The first kappa shape index (κ1) is 20.4. The van der Waals surface area contributed by atoms with Crippen LogP contribution in [0.15, 0.2) is 67.3 Å². The van der Waals surface area contributed by atoms with Crippen LogP contribution in [0.3, 0.4) is 0 Å². The maximum absolute atomic E-state index is 9.68. The van der Waals surface area contributed by atoms with E-state index in [1.165, 1.54) is 11.1 Å². The van der Waals surface area contributed by atoms with Gasteiger partial charge in [-0.25, -0.2) is 4.98 Å². The van der Waals surface area contributed by atoms with Crippen molar-refractivity contribution in [3.63, 3.8) is 0 Å². The van der Waals surface area contributed by atoms with Crippen LogP contribution in [-0.2, 0) is 19.6 Å². The molecule has 0 atom stereocenters. The Morgan fingerprint density at radius 2 is 1.90 bits per heavy atom. The first-order valence-corrected chi connectivity index (χ1v) is 10.7. The SMILES string of the molecule is OC1CCN(Cc2cccc(NCc3cccc(OCCn4ccnc4)c3)c2)CC1. The summed E-state index contributed by atoms with van der Waals surface area (Å²) in [5, 5.41) is 13.2. The number of nitrogens with one attached hydrogen (secondary N) is 1. The molecule has 3 aromatic rings. The summed E-state index contributed by atoms with van der Waals surface area (Å²) < 4.78 is 7.89. The second-order valence-electron chi connectivity index (χ2n) is 7.86. The highest BCUT2D eigenvalue weighted by Crippen LogP contribution is 2.18. The number of rotatable bonds is 9. The highest BCUT2D eigenvalue weighted by molar-refractivity contribution is 5.46. The Bertz CT molecular complexity index is 905. The molecule has 0 radical (unpaired) electrons. The number of likely N-dealkylation sites (tertiary alicyclic amines) is 1. The molecular weight excluding hydrogens is 376 g/mol. The summed E-state index contributed by atoms with van der Waals surface area (Å²) in [5.41, 5.74) is 3.61. The number of piperidine rings is 1. The number of imidazole rings is 1. The maximum atomic E-state index is 9.68. The number of benzene rings is 2. The molecule has 30 heavy (non-hydrogen) atoms. The van der Waals surface area contributed by atoms with Crippen molar-refractivity contribution in [2.24, 2.45) is 0 Å². The fourth-order valence-electron chi connectivity index (χ4n) is 3.75. The molecular formula is C24H30N4O2. The molecule has 1 fully saturated rings. The largest absolute Gasteiger partial charge is 0.492 e. The number of aromatic nitrogens is 2. The molecule has 6 nitrogen and oxygen atoms in total. The van der Waals surface area contributed by atoms with Crippen molar-refractivity contribution in [1.29, 1.82) is 0 Å². The van der Waals surface area contributed by atoms with Crippen molar-refractivity contribution in [1.82, 2.24) is 14.5 Å². The van der Waals surface area contributed by atoms with Crippen molar-refractivity contribution in [3.8, 4) is 5.75 Å². The van der Waals surface area contributed by atoms with Crippen LogP contribution in [0.4, 0.5) is 5.69 Å². The number of aliphatic hydroxyl groups excluding tert-OH is 1. The molecule has 0 amide bonds. The van der Waals surface area contributed by atoms with E-state index in [9.17, 15) is 5.11 Å². The molecule has 1 aromatic heterocycles. The Labute approximate surface area is 178 Å². The molecule has 1 saturated heterocycles. The van der Waals surface area contributed by atoms with Crippen LogP contribution >= 0.6 is 0 Å². The van der Waals surface area contributed by atoms with Gasteiger partial charge in [0.1, 0.15) is 12.4 Å². The van der Waals surface area contributed by atoms with E-state index < -0.39 is 0 Å². The summed E-state index contributed by atoms with van der Waals surface area (Å²) in [6.45, 7) is 5.01. The number of anilines is 1. The minimum Gasteiger partial charge on any atom is -0.492 e. The van der Waals surface area contributed by atoms with Crippen LogP contribution in [0.2, 0.25) is 0 Å². The van der Waals surface area contributed by atoms with Gasteiger partial charge in [-0.15, -0.1) is 0 Å². The van der Waals surface area contributed by atoms with E-state index in [2.05, 4.69) is 51.6 Å². The van der Waals surface area contributed by atoms with Gasteiger partial charge in [0, 0.05) is 44.3 Å². The van der Waals surface area contributed by atoms with Gasteiger partial charge >= 0.3 is 0 Å². The fraction of sp³-hybridized carbons (Fsp3) is 0.375. The number of hydrogen-bond donors (Lipinski definition) is 2. The van der Waals surface area contributed by atoms with Crippen molar-refractivity contribution in [2.45, 2.75) is 38.6 Å². The molecule has 2 N–H and O–H groups in total. The van der Waals surface area contributed by atoms with Gasteiger partial charge in [-0.1, -0.05) is 24.3 Å². The van der Waals surface area contributed by atoms with Gasteiger partial charge in [0.25, 0.3) is 0 Å². The van der Waals surface area contributed by atoms with Gasteiger partial charge in [0.2, 0.25) is 0 Å². The third-order valence-corrected chi connectivity index (χ3v) is 5.46. The van der Waals surface area contributed by atoms with Gasteiger partial charge in [0.05, 0.1) is 19.0 Å². The highest BCUT2D eigenvalue weighted by Gasteiger charge is 2.16. The number of ether oxygens (including phenoxy) is 1. The number of aliphatic hydroxyl groups is 1. The molecule has 0 aliphatic carbocycles. The van der Waals surface area contributed by atoms with Crippen molar-refractivity contribution in [3.05, 3.63) is 78.4 Å². The Morgan fingerprint density at radius 1 is 1.07 bits per heavy atom. The fourth-order valence-corrected chi connectivity index (χ4v) is 3.75. The molecule has 0 spiro atoms. The van der Waals surface area contributed by atoms with Crippen LogP contribution in [0.1, 0.15) is 24.0 Å². The van der Waals surface area contributed by atoms with E-state index in [1.54, 1.807) is 12.5 Å². The van der Waals surface area contributed by atoms with Gasteiger partial charge in [0.15, 0.2) is 0 Å². The zero-order chi connectivity index (χ0) is 20.6. The molecule has 1 aliphatic heterocycles. The van der Waals surface area contributed by atoms with Gasteiger partial charge in [-0.2, -0.15) is 0 Å². The third kappa shape index (κ3) is 6.08. The van der Waals surface area contributed by atoms with Gasteiger partial charge < -0.3 is 19.7 Å². The summed E-state index contributed by atoms with van der Waals surface area (Å²) in [7, 11) is 0. The molecule has 1 aliphatic rings. The van der Waals surface area contributed by atoms with E-state index in [1.807, 2.05) is 22.9 Å². The quantitative estimate of drug-likeness (QED) is 0.569. The minimum atomic E-state index is -0.125. The van der Waals surface area contributed by atoms with E-state index >= 15 is 0 Å². The maximum Gasteiger partial charge on any atom is 0.119 e. The lowest BCUT2D eigenvalue weighted by atomic mass is 10.1. The van der Waals surface area contributed by atoms with Crippen LogP contribution < -0.4 is 10.1 Å². The van der Waals surface area contributed by atoms with E-state index in [0.29, 0.717) is 6.61 Å². The van der Waals surface area contributed by atoms with Gasteiger partial charge in [-0.05, 0) is 48.2 Å². The molecule has 6 heteroatoms. The Kier molecular flexibility index (Phi) is 7.00. The van der Waals surface area contributed by atoms with Crippen LogP contribution in [0.5, 0.6) is 5.75 Å². The predicted octanol–water partition coefficient (Wildman–Crippen LogP) is 3.53. The smallest absolute Gasteiger partial charge is 0.119 e. The van der Waals surface area contributed by atoms with Crippen LogP contribution in [-0.4, -0.2) is 45.4 Å². The Hall–Kier alpha value is -2.83. The zero-order valence-electron chi connectivity index (χ0n) is 17.3. The predicted molar refractivity (Wildman–Crippen MR) is 118 cm³/mol. The molecule has 4 rings (SSSR count). The van der Waals surface area contributed by atoms with E-state index in [-0.39, 0.29) is 6.10 Å². The molecule has 0 bridgehead atoms.